The summed E-state index contributed by atoms with van der Waals surface area (Å²) in [6, 6.07) is 9.07. The van der Waals surface area contributed by atoms with Crippen molar-refractivity contribution in [2.45, 2.75) is 13.0 Å². The predicted octanol–water partition coefficient (Wildman–Crippen LogP) is 4.31. The molecule has 6 nitrogen and oxygen atoms in total. The molecule has 0 bridgehead atoms. The van der Waals surface area contributed by atoms with Crippen LogP contribution in [0.3, 0.4) is 0 Å². The smallest absolute Gasteiger partial charge is 0.165 e. The summed E-state index contributed by atoms with van der Waals surface area (Å²) in [6.07, 6.45) is 1.45. The second-order valence-corrected chi connectivity index (χ2v) is 7.70. The number of nitrogens with one attached hydrogen (secondary N) is 1. The van der Waals surface area contributed by atoms with Crippen molar-refractivity contribution < 1.29 is 9.13 Å². The molecule has 8 heteroatoms. The lowest BCUT2D eigenvalue weighted by molar-refractivity contribution is 0.274. The Hall–Kier alpha value is -2.64. The van der Waals surface area contributed by atoms with Gasteiger partial charge < -0.3 is 19.9 Å². The topological polar surface area (TPSA) is 53.5 Å². The molecule has 2 heterocycles. The van der Waals surface area contributed by atoms with Crippen molar-refractivity contribution in [1.29, 1.82) is 0 Å². The minimum absolute atomic E-state index is 0.0574. The molecule has 4 rings (SSSR count). The van der Waals surface area contributed by atoms with Crippen LogP contribution in [0.1, 0.15) is 6.92 Å². The summed E-state index contributed by atoms with van der Waals surface area (Å²) in [5, 5.41) is 3.91. The molecule has 0 spiro atoms. The highest BCUT2D eigenvalue weighted by atomic mass is 35.5. The van der Waals surface area contributed by atoms with Gasteiger partial charge in [-0.05, 0) is 32.2 Å². The number of piperazine rings is 1. The Kier molecular flexibility index (Phi) is 5.43. The molecule has 1 fully saturated rings. The van der Waals surface area contributed by atoms with E-state index < -0.39 is 5.82 Å². The number of hydrogen-bond acceptors (Lipinski definition) is 6. The van der Waals surface area contributed by atoms with Crippen LogP contribution in [0.4, 0.5) is 21.6 Å². The number of hydrogen-bond donors (Lipinski definition) is 1. The number of methoxy groups -OCH3 is 1. The number of nitrogens with zero attached hydrogens (tertiary/aromatic N) is 4. The average molecular weight is 416 g/mol. The molecule has 0 aliphatic carbocycles. The van der Waals surface area contributed by atoms with Gasteiger partial charge in [0.05, 0.1) is 29.0 Å². The minimum Gasteiger partial charge on any atom is -0.495 e. The molecular formula is C21H23ClFN5O. The van der Waals surface area contributed by atoms with E-state index in [9.17, 15) is 4.39 Å². The second-order valence-electron chi connectivity index (χ2n) is 7.29. The number of anilines is 3. The molecular weight excluding hydrogens is 393 g/mol. The Labute approximate surface area is 174 Å². The van der Waals surface area contributed by atoms with Crippen LogP contribution in [0.5, 0.6) is 5.75 Å². The molecule has 1 aliphatic heterocycles. The zero-order valence-electron chi connectivity index (χ0n) is 16.6. The molecule has 3 aromatic rings. The fraction of sp³-hybridized carbons (Fsp3) is 0.333. The average Bonchev–Trinajstić information content (AvgIpc) is 2.71. The molecule has 1 atom stereocenters. The van der Waals surface area contributed by atoms with E-state index >= 15 is 0 Å². The van der Waals surface area contributed by atoms with Crippen molar-refractivity contribution in [2.75, 3.05) is 44.0 Å². The molecule has 0 saturated carbocycles. The Balaban J connectivity index is 1.80. The summed E-state index contributed by atoms with van der Waals surface area (Å²) in [5.41, 5.74) is 1.96. The van der Waals surface area contributed by atoms with Gasteiger partial charge in [-0.1, -0.05) is 17.7 Å². The van der Waals surface area contributed by atoms with E-state index in [0.717, 1.165) is 36.5 Å². The van der Waals surface area contributed by atoms with Gasteiger partial charge in [-0.15, -0.1) is 0 Å². The third-order valence-corrected chi connectivity index (χ3v) is 5.57. The Bertz CT molecular complexity index is 1050. The Morgan fingerprint density at radius 3 is 2.83 bits per heavy atom. The standard InChI is InChI=1S/C21H23ClFN5O/c1-13-11-27(2)7-8-28(13)18-9-14-17(10-19(18)29-3)24-12-25-21(14)26-16-6-4-5-15(22)20(16)23/h4-6,9-10,12-13H,7-8,11H2,1-3H3,(H,24,25,26)/t13-/m1/s1. The largest absolute Gasteiger partial charge is 0.495 e. The maximum atomic E-state index is 14.4. The van der Waals surface area contributed by atoms with Gasteiger partial charge in [0.15, 0.2) is 5.82 Å². The zero-order valence-corrected chi connectivity index (χ0v) is 17.4. The van der Waals surface area contributed by atoms with Gasteiger partial charge in [0, 0.05) is 37.1 Å². The number of fused-ring (bicyclic) bond motifs is 1. The van der Waals surface area contributed by atoms with Gasteiger partial charge in [0.2, 0.25) is 0 Å². The highest BCUT2D eigenvalue weighted by molar-refractivity contribution is 6.31. The first-order valence-electron chi connectivity index (χ1n) is 9.47. The molecule has 0 radical (unpaired) electrons. The van der Waals surface area contributed by atoms with Crippen LogP contribution in [0.15, 0.2) is 36.7 Å². The van der Waals surface area contributed by atoms with Crippen LogP contribution in [0.2, 0.25) is 5.02 Å². The summed E-state index contributed by atoms with van der Waals surface area (Å²) in [7, 11) is 3.79. The number of rotatable bonds is 4. The highest BCUT2D eigenvalue weighted by Gasteiger charge is 2.25. The molecule has 1 aliphatic rings. The van der Waals surface area contributed by atoms with Crippen molar-refractivity contribution in [3.8, 4) is 5.75 Å². The minimum atomic E-state index is -0.512. The van der Waals surface area contributed by atoms with Crippen molar-refractivity contribution in [3.63, 3.8) is 0 Å². The number of aromatic nitrogens is 2. The first-order chi connectivity index (χ1) is 14.0. The summed E-state index contributed by atoms with van der Waals surface area (Å²) >= 11 is 5.92. The quantitative estimate of drug-likeness (QED) is 0.685. The lowest BCUT2D eigenvalue weighted by Gasteiger charge is -2.40. The van der Waals surface area contributed by atoms with Crippen molar-refractivity contribution in [1.82, 2.24) is 14.9 Å². The molecule has 2 aromatic carbocycles. The fourth-order valence-corrected chi connectivity index (χ4v) is 3.96. The van der Waals surface area contributed by atoms with Crippen LogP contribution in [0.25, 0.3) is 10.9 Å². The van der Waals surface area contributed by atoms with E-state index in [1.165, 1.54) is 12.4 Å². The summed E-state index contributed by atoms with van der Waals surface area (Å²) in [5.74, 6) is 0.761. The predicted molar refractivity (Wildman–Crippen MR) is 115 cm³/mol. The van der Waals surface area contributed by atoms with Gasteiger partial charge in [-0.3, -0.25) is 0 Å². The van der Waals surface area contributed by atoms with E-state index in [-0.39, 0.29) is 10.7 Å². The first kappa shape index (κ1) is 19.7. The third-order valence-electron chi connectivity index (χ3n) is 5.28. The molecule has 152 valence electrons. The number of likely N-dealkylation sites (N-methyl/N-ethyl adjacent to an activating group) is 1. The maximum absolute atomic E-state index is 14.4. The number of ether oxygens (including phenoxy) is 1. The van der Waals surface area contributed by atoms with Crippen LogP contribution in [-0.2, 0) is 0 Å². The van der Waals surface area contributed by atoms with Gasteiger partial charge >= 0.3 is 0 Å². The van der Waals surface area contributed by atoms with Crippen molar-refractivity contribution in [2.24, 2.45) is 0 Å². The van der Waals surface area contributed by atoms with Crippen LogP contribution in [-0.4, -0.2) is 54.7 Å². The van der Waals surface area contributed by atoms with Gasteiger partial charge in [-0.25, -0.2) is 14.4 Å². The molecule has 0 amide bonds. The van der Waals surface area contributed by atoms with E-state index in [1.807, 2.05) is 12.1 Å². The van der Waals surface area contributed by atoms with E-state index in [2.05, 4.69) is 39.1 Å². The molecule has 1 aromatic heterocycles. The first-order valence-corrected chi connectivity index (χ1v) is 9.84. The maximum Gasteiger partial charge on any atom is 0.165 e. The Morgan fingerprint density at radius 1 is 1.24 bits per heavy atom. The van der Waals surface area contributed by atoms with E-state index in [0.29, 0.717) is 17.4 Å². The molecule has 1 N–H and O–H groups in total. The molecule has 0 unspecified atom stereocenters. The lowest BCUT2D eigenvalue weighted by Crippen LogP contribution is -2.50. The number of halogens is 2. The van der Waals surface area contributed by atoms with Crippen LogP contribution >= 0.6 is 11.6 Å². The van der Waals surface area contributed by atoms with Crippen molar-refractivity contribution in [3.05, 3.63) is 47.5 Å². The second kappa shape index (κ2) is 8.00. The lowest BCUT2D eigenvalue weighted by atomic mass is 10.1. The summed E-state index contributed by atoms with van der Waals surface area (Å²) < 4.78 is 20.1. The highest BCUT2D eigenvalue weighted by Crippen LogP contribution is 2.37. The van der Waals surface area contributed by atoms with Crippen molar-refractivity contribution >= 4 is 39.7 Å². The third kappa shape index (κ3) is 3.80. The number of benzene rings is 2. The van der Waals surface area contributed by atoms with Gasteiger partial charge in [0.1, 0.15) is 17.9 Å². The van der Waals surface area contributed by atoms with E-state index in [4.69, 9.17) is 16.3 Å². The van der Waals surface area contributed by atoms with E-state index in [1.54, 1.807) is 19.2 Å². The SMILES string of the molecule is COc1cc2ncnc(Nc3cccc(Cl)c3F)c2cc1N1CCN(C)C[C@H]1C. The van der Waals surface area contributed by atoms with Gasteiger partial charge in [-0.2, -0.15) is 0 Å². The molecule has 1 saturated heterocycles. The monoisotopic (exact) mass is 415 g/mol. The molecule has 29 heavy (non-hydrogen) atoms. The normalized spacial score (nSPS) is 17.6. The van der Waals surface area contributed by atoms with Crippen LogP contribution in [0, 0.1) is 5.82 Å². The van der Waals surface area contributed by atoms with Crippen LogP contribution < -0.4 is 15.0 Å². The summed E-state index contributed by atoms with van der Waals surface area (Å²) in [6.45, 7) is 5.02. The summed E-state index contributed by atoms with van der Waals surface area (Å²) in [4.78, 5) is 13.4. The Morgan fingerprint density at radius 2 is 2.07 bits per heavy atom. The fourth-order valence-electron chi connectivity index (χ4n) is 3.79. The van der Waals surface area contributed by atoms with Gasteiger partial charge in [0.25, 0.3) is 0 Å². The zero-order chi connectivity index (χ0) is 20.5.